The second-order valence-electron chi connectivity index (χ2n) is 11.4. The van der Waals surface area contributed by atoms with Crippen LogP contribution < -0.4 is 16.4 Å². The summed E-state index contributed by atoms with van der Waals surface area (Å²) < 4.78 is 10.9. The van der Waals surface area contributed by atoms with Gasteiger partial charge in [0.2, 0.25) is 0 Å². The predicted molar refractivity (Wildman–Crippen MR) is 163 cm³/mol. The first-order valence-corrected chi connectivity index (χ1v) is 14.5. The van der Waals surface area contributed by atoms with Crippen LogP contribution >= 0.6 is 0 Å². The van der Waals surface area contributed by atoms with Gasteiger partial charge in [0.25, 0.3) is 5.91 Å². The summed E-state index contributed by atoms with van der Waals surface area (Å²) in [4.78, 5) is 27.0. The van der Waals surface area contributed by atoms with Gasteiger partial charge in [0.15, 0.2) is 6.10 Å². The SMILES string of the molecule is CO[C@H]1/C=C\C=C(/C)C(=O)Nc2cc(O)c(NCCN3CC3)c(c2O)C[C@@H](C)CC[C@H](O)[C@@H](C)/C=C(\C)[C@@H]1OC(N)=O. The van der Waals surface area contributed by atoms with E-state index in [2.05, 4.69) is 15.5 Å². The summed E-state index contributed by atoms with van der Waals surface area (Å²) in [6.07, 6.45) is 4.97. The number of primary amides is 1. The van der Waals surface area contributed by atoms with Crippen molar-refractivity contribution in [3.8, 4) is 11.5 Å². The summed E-state index contributed by atoms with van der Waals surface area (Å²) in [5, 5.41) is 39.2. The maximum atomic E-state index is 13.0. The van der Waals surface area contributed by atoms with Gasteiger partial charge in [-0.05, 0) is 44.6 Å². The fourth-order valence-electron chi connectivity index (χ4n) is 5.08. The number of aromatic hydroxyl groups is 2. The Morgan fingerprint density at radius 3 is 2.57 bits per heavy atom. The maximum absolute atomic E-state index is 13.0. The molecule has 232 valence electrons. The number of methoxy groups -OCH3 is 1. The van der Waals surface area contributed by atoms with Crippen LogP contribution in [0.5, 0.6) is 11.5 Å². The summed E-state index contributed by atoms with van der Waals surface area (Å²) in [6, 6.07) is 1.35. The van der Waals surface area contributed by atoms with Crippen molar-refractivity contribution < 1.29 is 34.4 Å². The minimum atomic E-state index is -0.960. The smallest absolute Gasteiger partial charge is 0.405 e. The molecule has 0 radical (unpaired) electrons. The molecule has 0 unspecified atom stereocenters. The quantitative estimate of drug-likeness (QED) is 0.126. The summed E-state index contributed by atoms with van der Waals surface area (Å²) in [5.41, 5.74) is 7.38. The van der Waals surface area contributed by atoms with Crippen LogP contribution in [-0.2, 0) is 20.7 Å². The zero-order chi connectivity index (χ0) is 31.0. The molecule has 42 heavy (non-hydrogen) atoms. The number of carbonyl (C=O) groups excluding carboxylic acids is 2. The maximum Gasteiger partial charge on any atom is 0.405 e. The zero-order valence-corrected chi connectivity index (χ0v) is 25.2. The molecule has 0 aliphatic carbocycles. The van der Waals surface area contributed by atoms with E-state index in [0.717, 1.165) is 19.6 Å². The second-order valence-corrected chi connectivity index (χ2v) is 11.4. The summed E-state index contributed by atoms with van der Waals surface area (Å²) in [5.74, 6) is -0.889. The Balaban J connectivity index is 1.99. The van der Waals surface area contributed by atoms with Crippen molar-refractivity contribution in [2.45, 2.75) is 65.3 Å². The van der Waals surface area contributed by atoms with Gasteiger partial charge in [-0.15, -0.1) is 0 Å². The van der Waals surface area contributed by atoms with E-state index in [0.29, 0.717) is 48.2 Å². The van der Waals surface area contributed by atoms with E-state index in [1.54, 1.807) is 32.1 Å². The summed E-state index contributed by atoms with van der Waals surface area (Å²) >= 11 is 0. The first-order chi connectivity index (χ1) is 19.9. The number of phenolic OH excluding ortho intramolecular Hbond substituents is 2. The van der Waals surface area contributed by atoms with Gasteiger partial charge in [-0.1, -0.05) is 38.2 Å². The van der Waals surface area contributed by atoms with E-state index in [1.807, 2.05) is 19.9 Å². The molecule has 0 spiro atoms. The minimum Gasteiger partial charge on any atom is -0.506 e. The number of benzene rings is 1. The molecule has 11 heteroatoms. The number of nitrogens with zero attached hydrogens (tertiary/aromatic N) is 1. The highest BCUT2D eigenvalue weighted by Gasteiger charge is 2.27. The summed E-state index contributed by atoms with van der Waals surface area (Å²) in [6.45, 7) is 10.8. The molecule has 1 aromatic rings. The van der Waals surface area contributed by atoms with Crippen LogP contribution in [0.15, 0.2) is 41.5 Å². The van der Waals surface area contributed by atoms with Crippen molar-refractivity contribution >= 4 is 23.4 Å². The average Bonchev–Trinajstić information content (AvgIpc) is 3.76. The van der Waals surface area contributed by atoms with E-state index >= 15 is 0 Å². The molecule has 11 nitrogen and oxygen atoms in total. The van der Waals surface area contributed by atoms with E-state index in [4.69, 9.17) is 15.2 Å². The minimum absolute atomic E-state index is 0.0256. The Labute approximate surface area is 248 Å². The normalized spacial score (nSPS) is 29.4. The van der Waals surface area contributed by atoms with Gasteiger partial charge in [0.1, 0.15) is 17.6 Å². The van der Waals surface area contributed by atoms with E-state index in [9.17, 15) is 24.9 Å². The fourth-order valence-corrected chi connectivity index (χ4v) is 5.08. The highest BCUT2D eigenvalue weighted by Crippen LogP contribution is 2.42. The molecular weight excluding hydrogens is 540 g/mol. The number of carbonyl (C=O) groups is 2. The molecule has 1 aromatic carbocycles. The van der Waals surface area contributed by atoms with Crippen molar-refractivity contribution in [1.29, 1.82) is 0 Å². The highest BCUT2D eigenvalue weighted by molar-refractivity contribution is 6.04. The van der Waals surface area contributed by atoms with E-state index in [-0.39, 0.29) is 29.0 Å². The molecule has 2 aliphatic heterocycles. The van der Waals surface area contributed by atoms with Crippen molar-refractivity contribution in [1.82, 2.24) is 4.90 Å². The molecule has 1 saturated heterocycles. The molecule has 0 aromatic heterocycles. The lowest BCUT2D eigenvalue weighted by Gasteiger charge is -2.26. The molecular formula is C31H46N4O7. The monoisotopic (exact) mass is 586 g/mol. The Bertz CT molecular complexity index is 1210. The van der Waals surface area contributed by atoms with Gasteiger partial charge in [0.05, 0.1) is 17.5 Å². The van der Waals surface area contributed by atoms with Gasteiger partial charge in [0, 0.05) is 56.4 Å². The second kappa shape index (κ2) is 15.1. The van der Waals surface area contributed by atoms with Gasteiger partial charge in [-0.3, -0.25) is 9.69 Å². The lowest BCUT2D eigenvalue weighted by Crippen LogP contribution is -2.35. The number of allylic oxidation sites excluding steroid dienone is 2. The van der Waals surface area contributed by atoms with Crippen molar-refractivity contribution in [3.05, 3.63) is 47.1 Å². The standard InChI is InChI=1S/C31H46N4O7/c1-18-9-10-24(36)20(3)16-21(4)29(42-31(32)40)26(41-5)8-6-7-19(2)30(39)34-23-17-25(37)27(22(15-18)28(23)38)33-11-12-35-13-14-35/h6-8,16-18,20,24,26,29,33,36-38H,9-15H2,1-5H3,(H2,32,40)(H,34,39)/b8-6-,19-7+,21-16+/t18-,20-,24-,26-,29-/m0/s1. The third-order valence-electron chi connectivity index (χ3n) is 7.81. The van der Waals surface area contributed by atoms with E-state index < -0.39 is 30.3 Å². The third kappa shape index (κ3) is 9.23. The number of ether oxygens (including phenoxy) is 2. The Kier molecular flexibility index (Phi) is 11.8. The molecule has 0 saturated carbocycles. The molecule has 5 atom stereocenters. The molecule has 3 rings (SSSR count). The molecule has 1 fully saturated rings. The molecule has 2 amide bonds. The highest BCUT2D eigenvalue weighted by atomic mass is 16.6. The number of anilines is 2. The Hall–Kier alpha value is -3.54. The average molecular weight is 587 g/mol. The van der Waals surface area contributed by atoms with Crippen LogP contribution in [0.2, 0.25) is 0 Å². The number of fused-ring (bicyclic) bond motifs is 2. The molecule has 2 aliphatic rings. The van der Waals surface area contributed by atoms with Gasteiger partial charge in [-0.2, -0.15) is 0 Å². The Morgan fingerprint density at radius 1 is 1.21 bits per heavy atom. The topological polar surface area (TPSA) is 166 Å². The number of nitrogens with one attached hydrogen (secondary N) is 2. The molecule has 7 N–H and O–H groups in total. The van der Waals surface area contributed by atoms with Crippen LogP contribution in [0.4, 0.5) is 16.2 Å². The summed E-state index contributed by atoms with van der Waals surface area (Å²) in [7, 11) is 1.47. The van der Waals surface area contributed by atoms with Gasteiger partial charge >= 0.3 is 6.09 Å². The van der Waals surface area contributed by atoms with Crippen LogP contribution in [0.3, 0.4) is 0 Å². The Morgan fingerprint density at radius 2 is 1.93 bits per heavy atom. The number of phenols is 2. The van der Waals surface area contributed by atoms with E-state index in [1.165, 1.54) is 13.2 Å². The lowest BCUT2D eigenvalue weighted by atomic mass is 9.89. The van der Waals surface area contributed by atoms with Crippen molar-refractivity contribution in [3.63, 3.8) is 0 Å². The fraction of sp³-hybridized carbons (Fsp3) is 0.548. The first-order valence-electron chi connectivity index (χ1n) is 14.5. The van der Waals surface area contributed by atoms with Gasteiger partial charge in [-0.25, -0.2) is 4.79 Å². The number of rotatable bonds is 6. The van der Waals surface area contributed by atoms with Crippen LogP contribution in [0.1, 0.15) is 46.1 Å². The van der Waals surface area contributed by atoms with Crippen molar-refractivity contribution in [2.75, 3.05) is 43.9 Å². The first kappa shape index (κ1) is 33.0. The number of aliphatic hydroxyl groups is 1. The number of hydrogen-bond acceptors (Lipinski definition) is 9. The number of hydrogen-bond donors (Lipinski definition) is 6. The number of aliphatic hydroxyl groups excluding tert-OH is 1. The van der Waals surface area contributed by atoms with Crippen molar-refractivity contribution in [2.24, 2.45) is 17.6 Å². The molecule has 2 heterocycles. The zero-order valence-electron chi connectivity index (χ0n) is 25.2. The number of amides is 2. The number of nitrogens with two attached hydrogens (primary N) is 1. The lowest BCUT2D eigenvalue weighted by molar-refractivity contribution is -0.112. The molecule has 2 bridgehead atoms. The van der Waals surface area contributed by atoms with Crippen LogP contribution in [0.25, 0.3) is 0 Å². The van der Waals surface area contributed by atoms with Gasteiger partial charge < -0.3 is 41.2 Å². The largest absolute Gasteiger partial charge is 0.506 e. The van der Waals surface area contributed by atoms with Crippen LogP contribution in [0, 0.1) is 11.8 Å². The third-order valence-corrected chi connectivity index (χ3v) is 7.81. The predicted octanol–water partition coefficient (Wildman–Crippen LogP) is 3.66. The van der Waals surface area contributed by atoms with Crippen LogP contribution in [-0.4, -0.2) is 83.8 Å².